The number of halogens is 1. The molecule has 0 aliphatic rings. The van der Waals surface area contributed by atoms with E-state index in [1.165, 1.54) is 12.1 Å². The van der Waals surface area contributed by atoms with Crippen LogP contribution in [-0.2, 0) is 4.79 Å². The molecule has 0 spiro atoms. The lowest BCUT2D eigenvalue weighted by atomic mass is 10.3. The van der Waals surface area contributed by atoms with E-state index in [-0.39, 0.29) is 37.8 Å². The van der Waals surface area contributed by atoms with Crippen molar-refractivity contribution in [3.05, 3.63) is 30.1 Å². The van der Waals surface area contributed by atoms with Crippen molar-refractivity contribution in [3.63, 3.8) is 0 Å². The average molecular weight is 227 g/mol. The van der Waals surface area contributed by atoms with Crippen LogP contribution in [0.25, 0.3) is 0 Å². The molecule has 0 heterocycles. The summed E-state index contributed by atoms with van der Waals surface area (Å²) in [5.74, 6) is -0.541. The fourth-order valence-electron chi connectivity index (χ4n) is 1.10. The number of amides is 1. The highest BCUT2D eigenvalue weighted by Crippen LogP contribution is 2.15. The highest BCUT2D eigenvalue weighted by Gasteiger charge is 2.03. The average Bonchev–Trinajstić information content (AvgIpc) is 2.29. The summed E-state index contributed by atoms with van der Waals surface area (Å²) in [4.78, 5) is 11.1. The number of hydrogen-bond donors (Lipinski definition) is 2. The Morgan fingerprint density at radius 3 is 2.88 bits per heavy atom. The Hall–Kier alpha value is -1.62. The second-order valence-electron chi connectivity index (χ2n) is 3.10. The molecule has 2 N–H and O–H groups in total. The summed E-state index contributed by atoms with van der Waals surface area (Å²) in [5.41, 5.74) is 0. The van der Waals surface area contributed by atoms with Crippen molar-refractivity contribution in [2.24, 2.45) is 0 Å². The number of hydrogen-bond acceptors (Lipinski definition) is 3. The van der Waals surface area contributed by atoms with Crippen molar-refractivity contribution in [2.45, 2.75) is 6.42 Å². The van der Waals surface area contributed by atoms with E-state index in [1.54, 1.807) is 12.1 Å². The smallest absolute Gasteiger partial charge is 0.223 e. The molecule has 0 saturated carbocycles. The topological polar surface area (TPSA) is 58.6 Å². The molecule has 0 aliphatic heterocycles. The van der Waals surface area contributed by atoms with Crippen LogP contribution in [0, 0.1) is 5.82 Å². The molecule has 0 fully saturated rings. The largest absolute Gasteiger partial charge is 0.490 e. The molecule has 5 heteroatoms. The van der Waals surface area contributed by atoms with Crippen LogP contribution in [0.1, 0.15) is 6.42 Å². The van der Waals surface area contributed by atoms with Gasteiger partial charge in [0.1, 0.15) is 0 Å². The molecule has 0 unspecified atom stereocenters. The van der Waals surface area contributed by atoms with E-state index in [0.717, 1.165) is 0 Å². The second-order valence-corrected chi connectivity index (χ2v) is 3.10. The normalized spacial score (nSPS) is 9.88. The Morgan fingerprint density at radius 1 is 1.44 bits per heavy atom. The van der Waals surface area contributed by atoms with Gasteiger partial charge in [-0.2, -0.15) is 0 Å². The second kappa shape index (κ2) is 6.79. The van der Waals surface area contributed by atoms with Crippen LogP contribution >= 0.6 is 0 Å². The minimum absolute atomic E-state index is 0.0973. The first-order chi connectivity index (χ1) is 7.74. The van der Waals surface area contributed by atoms with Gasteiger partial charge >= 0.3 is 0 Å². The fraction of sp³-hybridized carbons (Fsp3) is 0.364. The molecule has 88 valence electrons. The number of carbonyl (C=O) groups excluding carboxylic acids is 1. The molecule has 0 saturated heterocycles. The molecule has 4 nitrogen and oxygen atoms in total. The molecule has 0 atom stereocenters. The summed E-state index contributed by atoms with van der Waals surface area (Å²) in [6.45, 7) is 0.233. The van der Waals surface area contributed by atoms with Gasteiger partial charge in [-0.05, 0) is 12.1 Å². The summed E-state index contributed by atoms with van der Waals surface area (Å²) in [6, 6.07) is 6.02. The third-order valence-corrected chi connectivity index (χ3v) is 1.86. The first kappa shape index (κ1) is 12.4. The lowest BCUT2D eigenvalue weighted by Crippen LogP contribution is -2.27. The Morgan fingerprint density at radius 2 is 2.19 bits per heavy atom. The molecule has 0 bridgehead atoms. The third-order valence-electron chi connectivity index (χ3n) is 1.86. The number of nitrogens with one attached hydrogen (secondary N) is 1. The number of benzene rings is 1. The van der Waals surface area contributed by atoms with Crippen molar-refractivity contribution in [1.29, 1.82) is 0 Å². The number of aliphatic hydroxyl groups is 1. The van der Waals surface area contributed by atoms with Crippen molar-refractivity contribution in [1.82, 2.24) is 5.32 Å². The minimum Gasteiger partial charge on any atom is -0.490 e. The van der Waals surface area contributed by atoms with Crippen LogP contribution < -0.4 is 10.1 Å². The van der Waals surface area contributed by atoms with Gasteiger partial charge in [-0.25, -0.2) is 4.39 Å². The zero-order valence-corrected chi connectivity index (χ0v) is 8.78. The number of aliphatic hydroxyl groups excluding tert-OH is 1. The van der Waals surface area contributed by atoms with Gasteiger partial charge in [0.05, 0.1) is 19.6 Å². The van der Waals surface area contributed by atoms with Crippen LogP contribution in [-0.4, -0.2) is 30.8 Å². The quantitative estimate of drug-likeness (QED) is 0.752. The third kappa shape index (κ3) is 4.27. The van der Waals surface area contributed by atoms with Crippen molar-refractivity contribution >= 4 is 5.91 Å². The molecule has 1 aromatic carbocycles. The molecular weight excluding hydrogens is 213 g/mol. The minimum atomic E-state index is -0.446. The van der Waals surface area contributed by atoms with Gasteiger partial charge in [0.25, 0.3) is 0 Å². The maximum atomic E-state index is 13.1. The van der Waals surface area contributed by atoms with E-state index < -0.39 is 5.82 Å². The van der Waals surface area contributed by atoms with Crippen LogP contribution in [0.5, 0.6) is 5.75 Å². The highest BCUT2D eigenvalue weighted by molar-refractivity contribution is 5.75. The summed E-state index contributed by atoms with van der Waals surface area (Å²) in [6.07, 6.45) is 0.133. The Labute approximate surface area is 93.0 Å². The van der Waals surface area contributed by atoms with Gasteiger partial charge in [-0.15, -0.1) is 0 Å². The SMILES string of the molecule is O=C(CCOc1ccccc1F)NCCO. The lowest BCUT2D eigenvalue weighted by molar-refractivity contribution is -0.121. The van der Waals surface area contributed by atoms with Gasteiger partial charge in [0.2, 0.25) is 5.91 Å². The summed E-state index contributed by atoms with van der Waals surface area (Å²) in [5, 5.41) is 10.9. The van der Waals surface area contributed by atoms with Crippen molar-refractivity contribution in [3.8, 4) is 5.75 Å². The predicted molar refractivity (Wildman–Crippen MR) is 56.6 cm³/mol. The van der Waals surface area contributed by atoms with E-state index in [1.807, 2.05) is 0 Å². The number of para-hydroxylation sites is 1. The van der Waals surface area contributed by atoms with Crippen LogP contribution in [0.3, 0.4) is 0 Å². The molecule has 0 aliphatic carbocycles. The highest BCUT2D eigenvalue weighted by atomic mass is 19.1. The van der Waals surface area contributed by atoms with Crippen LogP contribution in [0.4, 0.5) is 4.39 Å². The first-order valence-electron chi connectivity index (χ1n) is 4.99. The zero-order chi connectivity index (χ0) is 11.8. The molecule has 0 aromatic heterocycles. The summed E-state index contributed by atoms with van der Waals surface area (Å²) >= 11 is 0. The Balaban J connectivity index is 2.25. The van der Waals surface area contributed by atoms with Gasteiger partial charge < -0.3 is 15.2 Å². The van der Waals surface area contributed by atoms with E-state index in [4.69, 9.17) is 9.84 Å². The summed E-state index contributed by atoms with van der Waals surface area (Å²) in [7, 11) is 0. The van der Waals surface area contributed by atoms with E-state index >= 15 is 0 Å². The van der Waals surface area contributed by atoms with Gasteiger partial charge in [0.15, 0.2) is 11.6 Å². The Kier molecular flexibility index (Phi) is 5.28. The van der Waals surface area contributed by atoms with E-state index in [0.29, 0.717) is 0 Å². The number of ether oxygens (including phenoxy) is 1. The van der Waals surface area contributed by atoms with E-state index in [2.05, 4.69) is 5.32 Å². The number of carbonyl (C=O) groups is 1. The fourth-order valence-corrected chi connectivity index (χ4v) is 1.10. The van der Waals surface area contributed by atoms with Crippen molar-refractivity contribution in [2.75, 3.05) is 19.8 Å². The molecule has 0 radical (unpaired) electrons. The molecule has 1 rings (SSSR count). The maximum Gasteiger partial charge on any atom is 0.223 e. The first-order valence-corrected chi connectivity index (χ1v) is 4.99. The van der Waals surface area contributed by atoms with Gasteiger partial charge in [-0.3, -0.25) is 4.79 Å². The lowest BCUT2D eigenvalue weighted by Gasteiger charge is -2.06. The summed E-state index contributed by atoms with van der Waals surface area (Å²) < 4.78 is 18.1. The number of rotatable bonds is 6. The van der Waals surface area contributed by atoms with Gasteiger partial charge in [-0.1, -0.05) is 12.1 Å². The monoisotopic (exact) mass is 227 g/mol. The predicted octanol–water partition coefficient (Wildman–Crippen LogP) is 0.703. The Bertz CT molecular complexity index is 344. The van der Waals surface area contributed by atoms with Crippen LogP contribution in [0.2, 0.25) is 0 Å². The molecule has 1 aromatic rings. The maximum absolute atomic E-state index is 13.1. The van der Waals surface area contributed by atoms with Gasteiger partial charge in [0, 0.05) is 6.54 Å². The standard InChI is InChI=1S/C11H14FNO3/c12-9-3-1-2-4-10(9)16-8-5-11(15)13-6-7-14/h1-4,14H,5-8H2,(H,13,15). The van der Waals surface area contributed by atoms with E-state index in [9.17, 15) is 9.18 Å². The molecule has 1 amide bonds. The van der Waals surface area contributed by atoms with Crippen LogP contribution in [0.15, 0.2) is 24.3 Å². The van der Waals surface area contributed by atoms with Crippen molar-refractivity contribution < 1.29 is 19.0 Å². The zero-order valence-electron chi connectivity index (χ0n) is 8.78. The molecular formula is C11H14FNO3. The molecule has 16 heavy (non-hydrogen) atoms.